The number of nitrogens with zero attached hydrogens (tertiary/aromatic N) is 3. The number of hydrogen-bond donors (Lipinski definition) is 1. The van der Waals surface area contributed by atoms with Crippen molar-refractivity contribution in [2.45, 2.75) is 6.92 Å². The summed E-state index contributed by atoms with van der Waals surface area (Å²) in [7, 11) is 0. The average molecular weight is 331 g/mol. The molecule has 0 spiro atoms. The van der Waals surface area contributed by atoms with Crippen LogP contribution < -0.4 is 10.5 Å². The minimum atomic E-state index is 0.188. The standard InChI is InChI=1S/C14H11BrN4O/c1-8-5-6-9-3-2-4-10(13(9)17-8)20-14-18-11(15)7-12(16)19-14/h2-7H,1H3,(H2,16,18,19). The predicted molar refractivity (Wildman–Crippen MR) is 80.7 cm³/mol. The topological polar surface area (TPSA) is 73.9 Å². The van der Waals surface area contributed by atoms with Gasteiger partial charge in [0.25, 0.3) is 0 Å². The Balaban J connectivity index is 2.08. The first kappa shape index (κ1) is 12.8. The smallest absolute Gasteiger partial charge is 0.325 e. The third kappa shape index (κ3) is 2.55. The Hall–Kier alpha value is -2.21. The van der Waals surface area contributed by atoms with Crippen LogP contribution in [0.15, 0.2) is 41.0 Å². The van der Waals surface area contributed by atoms with Gasteiger partial charge in [-0.15, -0.1) is 0 Å². The van der Waals surface area contributed by atoms with Crippen LogP contribution in [0.4, 0.5) is 5.82 Å². The highest BCUT2D eigenvalue weighted by Gasteiger charge is 2.08. The summed E-state index contributed by atoms with van der Waals surface area (Å²) in [5, 5.41) is 0.996. The SMILES string of the molecule is Cc1ccc2cccc(Oc3nc(N)cc(Br)n3)c2n1. The largest absolute Gasteiger partial charge is 0.422 e. The molecule has 0 bridgehead atoms. The lowest BCUT2D eigenvalue weighted by molar-refractivity contribution is 0.445. The summed E-state index contributed by atoms with van der Waals surface area (Å²) >= 11 is 3.26. The summed E-state index contributed by atoms with van der Waals surface area (Å²) in [5.41, 5.74) is 7.37. The van der Waals surface area contributed by atoms with Crippen LogP contribution in [0.3, 0.4) is 0 Å². The van der Waals surface area contributed by atoms with Crippen molar-refractivity contribution < 1.29 is 4.74 Å². The van der Waals surface area contributed by atoms with Gasteiger partial charge < -0.3 is 10.5 Å². The molecule has 5 nitrogen and oxygen atoms in total. The quantitative estimate of drug-likeness (QED) is 0.728. The molecule has 0 unspecified atom stereocenters. The number of benzene rings is 1. The van der Waals surface area contributed by atoms with Gasteiger partial charge >= 0.3 is 6.01 Å². The summed E-state index contributed by atoms with van der Waals surface area (Å²) < 4.78 is 6.29. The number of anilines is 1. The summed E-state index contributed by atoms with van der Waals surface area (Å²) in [5.74, 6) is 0.940. The molecule has 20 heavy (non-hydrogen) atoms. The number of para-hydroxylation sites is 1. The maximum absolute atomic E-state index is 5.71. The normalized spacial score (nSPS) is 10.7. The Morgan fingerprint density at radius 1 is 1.10 bits per heavy atom. The molecule has 0 amide bonds. The van der Waals surface area contributed by atoms with E-state index in [1.54, 1.807) is 6.07 Å². The van der Waals surface area contributed by atoms with E-state index in [2.05, 4.69) is 30.9 Å². The molecular formula is C14H11BrN4O. The molecule has 0 fully saturated rings. The van der Waals surface area contributed by atoms with E-state index in [1.165, 1.54) is 0 Å². The molecule has 1 aromatic carbocycles. The molecule has 2 N–H and O–H groups in total. The predicted octanol–water partition coefficient (Wildman–Crippen LogP) is 3.47. The number of aryl methyl sites for hydroxylation is 1. The van der Waals surface area contributed by atoms with Crippen molar-refractivity contribution in [1.82, 2.24) is 15.0 Å². The van der Waals surface area contributed by atoms with Gasteiger partial charge in [0.05, 0.1) is 0 Å². The zero-order chi connectivity index (χ0) is 14.1. The molecule has 0 saturated heterocycles. The number of halogens is 1. The van der Waals surface area contributed by atoms with Crippen molar-refractivity contribution in [2.75, 3.05) is 5.73 Å². The third-order valence-electron chi connectivity index (χ3n) is 2.72. The molecule has 2 aromatic heterocycles. The molecule has 2 heterocycles. The second kappa shape index (κ2) is 5.05. The molecule has 100 valence electrons. The highest BCUT2D eigenvalue weighted by atomic mass is 79.9. The molecule has 0 aliphatic heterocycles. The fraction of sp³-hybridized carbons (Fsp3) is 0.0714. The highest BCUT2D eigenvalue weighted by molar-refractivity contribution is 9.10. The number of hydrogen-bond acceptors (Lipinski definition) is 5. The van der Waals surface area contributed by atoms with E-state index >= 15 is 0 Å². The summed E-state index contributed by atoms with van der Waals surface area (Å²) in [6, 6.07) is 11.5. The van der Waals surface area contributed by atoms with Crippen LogP contribution in [-0.4, -0.2) is 15.0 Å². The molecule has 0 aliphatic carbocycles. The molecule has 6 heteroatoms. The van der Waals surface area contributed by atoms with Crippen LogP contribution in [0.2, 0.25) is 0 Å². The molecule has 3 rings (SSSR count). The van der Waals surface area contributed by atoms with Crippen LogP contribution in [-0.2, 0) is 0 Å². The van der Waals surface area contributed by atoms with Crippen molar-refractivity contribution >= 4 is 32.7 Å². The van der Waals surface area contributed by atoms with Crippen molar-refractivity contribution in [3.05, 3.63) is 46.7 Å². The van der Waals surface area contributed by atoms with Crippen LogP contribution in [0.25, 0.3) is 10.9 Å². The van der Waals surface area contributed by atoms with E-state index < -0.39 is 0 Å². The number of pyridine rings is 1. The average Bonchev–Trinajstić information content (AvgIpc) is 2.38. The van der Waals surface area contributed by atoms with Gasteiger partial charge in [0.15, 0.2) is 5.75 Å². The summed E-state index contributed by atoms with van der Waals surface area (Å²) in [6.45, 7) is 1.93. The van der Waals surface area contributed by atoms with E-state index in [9.17, 15) is 0 Å². The number of fused-ring (bicyclic) bond motifs is 1. The monoisotopic (exact) mass is 330 g/mol. The first-order valence-corrected chi connectivity index (χ1v) is 6.75. The minimum absolute atomic E-state index is 0.188. The zero-order valence-electron chi connectivity index (χ0n) is 10.7. The van der Waals surface area contributed by atoms with Crippen LogP contribution >= 0.6 is 15.9 Å². The number of aromatic nitrogens is 3. The molecule has 0 saturated carbocycles. The lowest BCUT2D eigenvalue weighted by Gasteiger charge is -2.08. The fourth-order valence-electron chi connectivity index (χ4n) is 1.86. The first-order valence-electron chi connectivity index (χ1n) is 5.96. The van der Waals surface area contributed by atoms with E-state index in [-0.39, 0.29) is 6.01 Å². The van der Waals surface area contributed by atoms with Crippen molar-refractivity contribution in [2.24, 2.45) is 0 Å². The van der Waals surface area contributed by atoms with Crippen LogP contribution in [0.5, 0.6) is 11.8 Å². The van der Waals surface area contributed by atoms with Crippen LogP contribution in [0, 0.1) is 6.92 Å². The summed E-state index contributed by atoms with van der Waals surface area (Å²) in [4.78, 5) is 12.7. The lowest BCUT2D eigenvalue weighted by Crippen LogP contribution is -1.98. The van der Waals surface area contributed by atoms with Crippen molar-refractivity contribution in [3.8, 4) is 11.8 Å². The Morgan fingerprint density at radius 2 is 1.95 bits per heavy atom. The van der Waals surface area contributed by atoms with Crippen molar-refractivity contribution in [3.63, 3.8) is 0 Å². The second-order valence-corrected chi connectivity index (χ2v) is 5.09. The van der Waals surface area contributed by atoms with E-state index in [4.69, 9.17) is 10.5 Å². The van der Waals surface area contributed by atoms with E-state index in [0.29, 0.717) is 16.2 Å². The number of rotatable bonds is 2. The molecular weight excluding hydrogens is 320 g/mol. The molecule has 3 aromatic rings. The zero-order valence-corrected chi connectivity index (χ0v) is 12.3. The van der Waals surface area contributed by atoms with Gasteiger partial charge in [-0.05, 0) is 35.0 Å². The Kier molecular flexibility index (Phi) is 3.23. The molecule has 0 radical (unpaired) electrons. The summed E-state index contributed by atoms with van der Waals surface area (Å²) in [6.07, 6.45) is 0. The Bertz CT molecular complexity index is 771. The highest BCUT2D eigenvalue weighted by Crippen LogP contribution is 2.28. The van der Waals surface area contributed by atoms with E-state index in [0.717, 1.165) is 16.6 Å². The molecule has 0 atom stereocenters. The number of ether oxygens (including phenoxy) is 1. The van der Waals surface area contributed by atoms with Crippen molar-refractivity contribution in [1.29, 1.82) is 0 Å². The lowest BCUT2D eigenvalue weighted by atomic mass is 10.2. The van der Waals surface area contributed by atoms with Gasteiger partial charge in [-0.3, -0.25) is 0 Å². The Labute approximate surface area is 124 Å². The molecule has 0 aliphatic rings. The third-order valence-corrected chi connectivity index (χ3v) is 3.12. The second-order valence-electron chi connectivity index (χ2n) is 4.28. The minimum Gasteiger partial charge on any atom is -0.422 e. The number of nitrogen functional groups attached to an aromatic ring is 1. The number of nitrogens with two attached hydrogens (primary N) is 1. The first-order chi connectivity index (χ1) is 9.61. The van der Waals surface area contributed by atoms with Crippen LogP contribution in [0.1, 0.15) is 5.69 Å². The van der Waals surface area contributed by atoms with Gasteiger partial charge in [0.1, 0.15) is 15.9 Å². The van der Waals surface area contributed by atoms with Gasteiger partial charge in [0.2, 0.25) is 0 Å². The van der Waals surface area contributed by atoms with Gasteiger partial charge in [-0.1, -0.05) is 18.2 Å². The van der Waals surface area contributed by atoms with Gasteiger partial charge in [-0.2, -0.15) is 9.97 Å². The van der Waals surface area contributed by atoms with Gasteiger partial charge in [0, 0.05) is 17.1 Å². The fourth-order valence-corrected chi connectivity index (χ4v) is 2.24. The Morgan fingerprint density at radius 3 is 2.75 bits per heavy atom. The maximum Gasteiger partial charge on any atom is 0.325 e. The van der Waals surface area contributed by atoms with E-state index in [1.807, 2.05) is 37.3 Å². The van der Waals surface area contributed by atoms with Gasteiger partial charge in [-0.25, -0.2) is 4.98 Å². The maximum atomic E-state index is 5.71.